The van der Waals surface area contributed by atoms with Crippen molar-refractivity contribution in [3.8, 4) is 0 Å². The first-order chi connectivity index (χ1) is 12.7. The summed E-state index contributed by atoms with van der Waals surface area (Å²) in [5.74, 6) is -0.172. The number of amides is 1. The zero-order chi connectivity index (χ0) is 18.1. The number of hydrogen-bond acceptors (Lipinski definition) is 3. The number of nitrogens with zero attached hydrogens (tertiary/aromatic N) is 1. The number of halogens is 1. The van der Waals surface area contributed by atoms with Gasteiger partial charge in [-0.05, 0) is 37.8 Å². The molecule has 1 aromatic carbocycles. The van der Waals surface area contributed by atoms with Crippen molar-refractivity contribution in [2.24, 2.45) is 0 Å². The van der Waals surface area contributed by atoms with E-state index < -0.39 is 0 Å². The lowest BCUT2D eigenvalue weighted by molar-refractivity contribution is 0.0582. The molecule has 1 aromatic heterocycles. The molecule has 0 spiro atoms. The molecule has 0 saturated heterocycles. The number of ether oxygens (including phenoxy) is 1. The molecule has 0 bridgehead atoms. The number of carbonyl (C=O) groups is 1. The minimum atomic E-state index is -0.266. The summed E-state index contributed by atoms with van der Waals surface area (Å²) in [7, 11) is 1.60. The van der Waals surface area contributed by atoms with Crippen LogP contribution in [0.25, 0.3) is 10.1 Å². The van der Waals surface area contributed by atoms with E-state index >= 15 is 0 Å². The number of rotatable bonds is 5. The van der Waals surface area contributed by atoms with E-state index in [9.17, 15) is 9.18 Å². The third kappa shape index (κ3) is 3.16. The van der Waals surface area contributed by atoms with E-state index in [-0.39, 0.29) is 18.3 Å². The van der Waals surface area contributed by atoms with Gasteiger partial charge in [0.15, 0.2) is 0 Å². The molecule has 1 amide bonds. The Morgan fingerprint density at radius 1 is 1.15 bits per heavy atom. The van der Waals surface area contributed by atoms with Gasteiger partial charge in [0, 0.05) is 34.8 Å². The average molecular weight is 376 g/mol. The maximum atomic E-state index is 14.5. The Morgan fingerprint density at radius 2 is 1.77 bits per heavy atom. The summed E-state index contributed by atoms with van der Waals surface area (Å²) >= 11 is 1.42. The molecule has 26 heavy (non-hydrogen) atoms. The SMILES string of the molecule is COCc1c(C(=O)N(C2CCCC2)C2CCCC2)sc2cccc(F)c12. The summed E-state index contributed by atoms with van der Waals surface area (Å²) in [5.41, 5.74) is 0.719. The lowest BCUT2D eigenvalue weighted by atomic mass is 10.1. The Bertz CT molecular complexity index is 775. The summed E-state index contributed by atoms with van der Waals surface area (Å²) < 4.78 is 20.6. The zero-order valence-electron chi connectivity index (χ0n) is 15.3. The average Bonchev–Trinajstić information content (AvgIpc) is 3.37. The van der Waals surface area contributed by atoms with Crippen LogP contribution in [-0.2, 0) is 11.3 Å². The van der Waals surface area contributed by atoms with Gasteiger partial charge in [-0.15, -0.1) is 11.3 Å². The quantitative estimate of drug-likeness (QED) is 0.689. The molecule has 2 fully saturated rings. The Labute approximate surface area is 158 Å². The fourth-order valence-electron chi connectivity index (χ4n) is 4.73. The highest BCUT2D eigenvalue weighted by Gasteiger charge is 2.36. The third-order valence-corrected chi connectivity index (χ3v) is 7.10. The Balaban J connectivity index is 1.77. The van der Waals surface area contributed by atoms with Crippen LogP contribution >= 0.6 is 11.3 Å². The number of methoxy groups -OCH3 is 1. The van der Waals surface area contributed by atoms with Gasteiger partial charge in [0.05, 0.1) is 11.5 Å². The van der Waals surface area contributed by atoms with E-state index in [0.29, 0.717) is 22.3 Å². The molecule has 2 saturated carbocycles. The Kier molecular flexibility index (Phi) is 5.28. The Hall–Kier alpha value is -1.46. The largest absolute Gasteiger partial charge is 0.380 e. The van der Waals surface area contributed by atoms with E-state index in [1.807, 2.05) is 6.07 Å². The first-order valence-electron chi connectivity index (χ1n) is 9.72. The van der Waals surface area contributed by atoms with Gasteiger partial charge in [-0.25, -0.2) is 4.39 Å². The summed E-state index contributed by atoms with van der Waals surface area (Å²) in [6.07, 6.45) is 9.20. The highest BCUT2D eigenvalue weighted by molar-refractivity contribution is 7.21. The summed E-state index contributed by atoms with van der Waals surface area (Å²) in [5, 5.41) is 0.556. The van der Waals surface area contributed by atoms with Gasteiger partial charge in [0.1, 0.15) is 5.82 Å². The molecule has 0 N–H and O–H groups in total. The molecule has 0 atom stereocenters. The standard InChI is InChI=1S/C21H26FNO2S/c1-25-13-16-19-17(22)11-6-12-18(19)26-20(16)21(24)23(14-7-2-3-8-14)15-9-4-5-10-15/h6,11-12,14-15H,2-5,7-10,13H2,1H3. The number of hydrogen-bond donors (Lipinski definition) is 0. The molecular weight excluding hydrogens is 349 g/mol. The van der Waals surface area contributed by atoms with Gasteiger partial charge >= 0.3 is 0 Å². The van der Waals surface area contributed by atoms with Gasteiger partial charge in [-0.1, -0.05) is 31.7 Å². The van der Waals surface area contributed by atoms with Crippen LogP contribution in [0.2, 0.25) is 0 Å². The van der Waals surface area contributed by atoms with E-state index in [4.69, 9.17) is 4.74 Å². The topological polar surface area (TPSA) is 29.5 Å². The number of benzene rings is 1. The van der Waals surface area contributed by atoms with Crippen LogP contribution in [0.4, 0.5) is 4.39 Å². The maximum absolute atomic E-state index is 14.5. The van der Waals surface area contributed by atoms with Gasteiger partial charge in [-0.2, -0.15) is 0 Å². The second kappa shape index (κ2) is 7.65. The van der Waals surface area contributed by atoms with Gasteiger partial charge < -0.3 is 9.64 Å². The monoisotopic (exact) mass is 375 g/mol. The molecule has 3 nitrogen and oxygen atoms in total. The molecule has 0 radical (unpaired) electrons. The van der Waals surface area contributed by atoms with Crippen molar-refractivity contribution in [2.45, 2.75) is 70.1 Å². The first-order valence-corrected chi connectivity index (χ1v) is 10.5. The fourth-order valence-corrected chi connectivity index (χ4v) is 5.90. The zero-order valence-corrected chi connectivity index (χ0v) is 16.1. The lowest BCUT2D eigenvalue weighted by Gasteiger charge is -2.34. The second-order valence-electron chi connectivity index (χ2n) is 7.54. The van der Waals surface area contributed by atoms with Gasteiger partial charge in [0.25, 0.3) is 5.91 Å². The van der Waals surface area contributed by atoms with E-state index in [1.54, 1.807) is 13.2 Å². The van der Waals surface area contributed by atoms with Crippen LogP contribution in [0, 0.1) is 5.82 Å². The van der Waals surface area contributed by atoms with Crippen LogP contribution in [0.5, 0.6) is 0 Å². The molecule has 4 rings (SSSR count). The first kappa shape index (κ1) is 17.9. The van der Waals surface area contributed by atoms with Crippen LogP contribution < -0.4 is 0 Å². The molecule has 2 aliphatic rings. The molecule has 5 heteroatoms. The van der Waals surface area contributed by atoms with Crippen molar-refractivity contribution in [3.63, 3.8) is 0 Å². The normalized spacial score (nSPS) is 18.8. The molecule has 0 aliphatic heterocycles. The number of carbonyl (C=O) groups excluding carboxylic acids is 1. The van der Waals surface area contributed by atoms with Gasteiger partial charge in [-0.3, -0.25) is 4.79 Å². The van der Waals surface area contributed by atoms with Crippen molar-refractivity contribution < 1.29 is 13.9 Å². The van der Waals surface area contributed by atoms with Crippen molar-refractivity contribution in [2.75, 3.05) is 7.11 Å². The summed E-state index contributed by atoms with van der Waals surface area (Å²) in [4.78, 5) is 16.5. The van der Waals surface area contributed by atoms with Crippen molar-refractivity contribution in [3.05, 3.63) is 34.5 Å². The fraction of sp³-hybridized carbons (Fsp3) is 0.571. The van der Waals surface area contributed by atoms with Crippen LogP contribution in [0.15, 0.2) is 18.2 Å². The summed E-state index contributed by atoms with van der Waals surface area (Å²) in [6, 6.07) is 5.76. The molecule has 2 aliphatic carbocycles. The van der Waals surface area contributed by atoms with Crippen molar-refractivity contribution in [1.82, 2.24) is 4.90 Å². The molecule has 140 valence electrons. The van der Waals surface area contributed by atoms with Crippen LogP contribution in [-0.4, -0.2) is 30.0 Å². The van der Waals surface area contributed by atoms with E-state index in [1.165, 1.54) is 43.1 Å². The number of thiophene rings is 1. The van der Waals surface area contributed by atoms with Gasteiger partial charge in [0.2, 0.25) is 0 Å². The maximum Gasteiger partial charge on any atom is 0.264 e. The molecule has 2 aromatic rings. The third-order valence-electron chi connectivity index (χ3n) is 5.92. The van der Waals surface area contributed by atoms with Crippen molar-refractivity contribution in [1.29, 1.82) is 0 Å². The summed E-state index contributed by atoms with van der Waals surface area (Å²) in [6.45, 7) is 0.269. The minimum Gasteiger partial charge on any atom is -0.380 e. The predicted molar refractivity (Wildman–Crippen MR) is 103 cm³/mol. The predicted octanol–water partition coefficient (Wildman–Crippen LogP) is 5.51. The van der Waals surface area contributed by atoms with Crippen molar-refractivity contribution >= 4 is 27.3 Å². The molecule has 0 unspecified atom stereocenters. The number of fused-ring (bicyclic) bond motifs is 1. The smallest absolute Gasteiger partial charge is 0.264 e. The highest BCUT2D eigenvalue weighted by Crippen LogP contribution is 2.38. The van der Waals surface area contributed by atoms with Crippen LogP contribution in [0.1, 0.15) is 66.6 Å². The molecule has 1 heterocycles. The van der Waals surface area contributed by atoms with E-state index in [2.05, 4.69) is 4.90 Å². The highest BCUT2D eigenvalue weighted by atomic mass is 32.1. The Morgan fingerprint density at radius 3 is 2.35 bits per heavy atom. The molecular formula is C21H26FNO2S. The second-order valence-corrected chi connectivity index (χ2v) is 8.60. The van der Waals surface area contributed by atoms with E-state index in [0.717, 1.165) is 35.9 Å². The van der Waals surface area contributed by atoms with Crippen LogP contribution in [0.3, 0.4) is 0 Å². The lowest BCUT2D eigenvalue weighted by Crippen LogP contribution is -2.45. The minimum absolute atomic E-state index is 0.0939.